The van der Waals surface area contributed by atoms with E-state index in [1.165, 1.54) is 0 Å². The summed E-state index contributed by atoms with van der Waals surface area (Å²) in [5.74, 6) is 0. The van der Waals surface area contributed by atoms with Crippen molar-refractivity contribution >= 4 is 6.98 Å². The quantitative estimate of drug-likeness (QED) is 0.608. The second-order valence-corrected chi connectivity index (χ2v) is 3.41. The van der Waals surface area contributed by atoms with Crippen LogP contribution >= 0.6 is 0 Å². The molecule has 0 radical (unpaired) electrons. The Balaban J connectivity index is 4.07. The summed E-state index contributed by atoms with van der Waals surface area (Å²) in [4.78, 5) is 1.66. The van der Waals surface area contributed by atoms with Crippen LogP contribution < -0.4 is 0 Å². The molecule has 0 amide bonds. The number of hydrogen-bond acceptors (Lipinski definition) is 1. The Morgan fingerprint density at radius 1 is 1.46 bits per heavy atom. The molecule has 13 heavy (non-hydrogen) atoms. The summed E-state index contributed by atoms with van der Waals surface area (Å²) in [5, 5.41) is 0. The maximum Gasteiger partial charge on any atom is 0.506 e. The van der Waals surface area contributed by atoms with Gasteiger partial charge in [-0.15, -0.1) is 12.1 Å². The zero-order chi connectivity index (χ0) is 10.6. The number of hydrogen-bond donors (Lipinski definition) is 0. The van der Waals surface area contributed by atoms with Crippen molar-refractivity contribution in [2.75, 3.05) is 13.6 Å². The van der Waals surface area contributed by atoms with Gasteiger partial charge in [-0.2, -0.15) is 0 Å². The molecule has 0 aliphatic carbocycles. The Morgan fingerprint density at radius 3 is 2.23 bits per heavy atom. The van der Waals surface area contributed by atoms with E-state index < -0.39 is 12.4 Å². The van der Waals surface area contributed by atoms with Crippen molar-refractivity contribution in [2.24, 2.45) is 0 Å². The van der Waals surface area contributed by atoms with Crippen LogP contribution in [0.4, 0.5) is 12.9 Å². The molecule has 0 aromatic carbocycles. The lowest BCUT2D eigenvalue weighted by Gasteiger charge is -2.28. The fourth-order valence-corrected chi connectivity index (χ4v) is 0.891. The number of halogens is 3. The first kappa shape index (κ1) is 12.6. The molecule has 0 bridgehead atoms. The summed E-state index contributed by atoms with van der Waals surface area (Å²) in [6.07, 6.45) is 0.842. The van der Waals surface area contributed by atoms with Crippen LogP contribution in [0.3, 0.4) is 0 Å². The minimum Gasteiger partial charge on any atom is -0.445 e. The molecule has 78 valence electrons. The van der Waals surface area contributed by atoms with Gasteiger partial charge in [0.2, 0.25) is 0 Å². The van der Waals surface area contributed by atoms with Crippen LogP contribution in [0.1, 0.15) is 20.3 Å². The lowest BCUT2D eigenvalue weighted by Crippen LogP contribution is -2.35. The van der Waals surface area contributed by atoms with E-state index in [0.717, 1.165) is 6.42 Å². The predicted molar refractivity (Wildman–Crippen MR) is 50.6 cm³/mol. The van der Waals surface area contributed by atoms with Gasteiger partial charge in [-0.1, -0.05) is 6.92 Å². The van der Waals surface area contributed by atoms with Crippen molar-refractivity contribution < 1.29 is 12.9 Å². The molecule has 0 fully saturated rings. The van der Waals surface area contributed by atoms with Crippen LogP contribution in [0, 0.1) is 0 Å². The van der Waals surface area contributed by atoms with E-state index in [1.807, 2.05) is 13.8 Å². The van der Waals surface area contributed by atoms with Crippen LogP contribution in [-0.4, -0.2) is 31.5 Å². The third kappa shape index (κ3) is 4.36. The lowest BCUT2D eigenvalue weighted by atomic mass is 9.80. The molecule has 0 aliphatic rings. The summed E-state index contributed by atoms with van der Waals surface area (Å²) in [6, 6.07) is 0.162. The average Bonchev–Trinajstić information content (AvgIpc) is 2.01. The van der Waals surface area contributed by atoms with E-state index >= 15 is 0 Å². The average molecular weight is 194 g/mol. The highest BCUT2D eigenvalue weighted by molar-refractivity contribution is 6.66. The van der Waals surface area contributed by atoms with Gasteiger partial charge in [0, 0.05) is 6.04 Å². The van der Waals surface area contributed by atoms with Crippen molar-refractivity contribution in [1.82, 2.24) is 4.90 Å². The summed E-state index contributed by atoms with van der Waals surface area (Å²) in [6.45, 7) is 1.93. The first-order valence-corrected chi connectivity index (χ1v) is 4.36. The molecule has 0 aromatic rings. The summed E-state index contributed by atoms with van der Waals surface area (Å²) in [7, 11) is 1.68. The van der Waals surface area contributed by atoms with Gasteiger partial charge in [-0.05, 0) is 26.9 Å². The van der Waals surface area contributed by atoms with Gasteiger partial charge < -0.3 is 17.8 Å². The normalized spacial score (nSPS) is 14.7. The molecule has 0 saturated carbocycles. The fraction of sp³-hybridized carbons (Fsp3) is 0.750. The second-order valence-electron chi connectivity index (χ2n) is 3.41. The zero-order valence-electron chi connectivity index (χ0n) is 8.36. The molecule has 0 aromatic heterocycles. The Bertz CT molecular complexity index is 179. The summed E-state index contributed by atoms with van der Waals surface area (Å²) in [5.41, 5.74) is -0.622. The molecule has 1 atom stereocenters. The monoisotopic (exact) mass is 194 g/mol. The predicted octanol–water partition coefficient (Wildman–Crippen LogP) is 2.66. The Labute approximate surface area is 77.7 Å². The zero-order valence-corrected chi connectivity index (χ0v) is 8.36. The number of likely N-dealkylation sites (N-methyl/N-ethyl adjacent to an activating group) is 1. The van der Waals surface area contributed by atoms with Crippen LogP contribution in [0.15, 0.2) is 12.1 Å². The Kier molecular flexibility index (Phi) is 4.54. The molecule has 0 spiro atoms. The van der Waals surface area contributed by atoms with Crippen molar-refractivity contribution in [3.05, 3.63) is 12.1 Å². The fourth-order valence-electron chi connectivity index (χ4n) is 0.891. The molecule has 1 unspecified atom stereocenters. The molecule has 0 saturated heterocycles. The van der Waals surface area contributed by atoms with Crippen molar-refractivity contribution in [2.45, 2.75) is 26.3 Å². The van der Waals surface area contributed by atoms with Gasteiger partial charge in [-0.3, -0.25) is 0 Å². The first-order chi connectivity index (χ1) is 5.79. The SMILES string of the molecule is C=C(CN(C)C(C)CC)[B-](F)(F)F. The van der Waals surface area contributed by atoms with Gasteiger partial charge in [0.1, 0.15) is 0 Å². The number of rotatable bonds is 5. The minimum atomic E-state index is -4.87. The highest BCUT2D eigenvalue weighted by Crippen LogP contribution is 2.19. The molecule has 5 heteroatoms. The Hall–Kier alpha value is -0.445. The molecule has 0 N–H and O–H groups in total. The third-order valence-electron chi connectivity index (χ3n) is 2.26. The summed E-state index contributed by atoms with van der Waals surface area (Å²) >= 11 is 0. The standard InChI is InChI=1S/C8H16BF3N/c1-5-8(3)13(4)6-7(2)9(10,11)12/h8H,2,5-6H2,1,3-4H3/q-1. The van der Waals surface area contributed by atoms with Crippen LogP contribution in [0.5, 0.6) is 0 Å². The van der Waals surface area contributed by atoms with E-state index in [-0.39, 0.29) is 12.6 Å². The van der Waals surface area contributed by atoms with E-state index in [4.69, 9.17) is 0 Å². The van der Waals surface area contributed by atoms with Crippen molar-refractivity contribution in [3.63, 3.8) is 0 Å². The van der Waals surface area contributed by atoms with Gasteiger partial charge in [0.25, 0.3) is 0 Å². The van der Waals surface area contributed by atoms with Crippen molar-refractivity contribution in [3.8, 4) is 0 Å². The van der Waals surface area contributed by atoms with Crippen LogP contribution in [-0.2, 0) is 0 Å². The summed E-state index contributed by atoms with van der Waals surface area (Å²) < 4.78 is 36.3. The smallest absolute Gasteiger partial charge is 0.445 e. The topological polar surface area (TPSA) is 3.24 Å². The maximum absolute atomic E-state index is 12.1. The van der Waals surface area contributed by atoms with E-state index in [1.54, 1.807) is 11.9 Å². The first-order valence-electron chi connectivity index (χ1n) is 4.36. The van der Waals surface area contributed by atoms with Crippen LogP contribution in [0.25, 0.3) is 0 Å². The highest BCUT2D eigenvalue weighted by Gasteiger charge is 2.27. The number of nitrogens with zero attached hydrogens (tertiary/aromatic N) is 1. The van der Waals surface area contributed by atoms with Crippen LogP contribution in [0.2, 0.25) is 0 Å². The molecule has 0 aliphatic heterocycles. The van der Waals surface area contributed by atoms with Gasteiger partial charge in [-0.25, -0.2) is 0 Å². The molecule has 0 rings (SSSR count). The minimum absolute atomic E-state index is 0.0848. The lowest BCUT2D eigenvalue weighted by molar-refractivity contribution is 0.271. The molecule has 0 heterocycles. The Morgan fingerprint density at radius 2 is 1.92 bits per heavy atom. The molecular weight excluding hydrogens is 178 g/mol. The third-order valence-corrected chi connectivity index (χ3v) is 2.26. The molecule has 1 nitrogen and oxygen atoms in total. The highest BCUT2D eigenvalue weighted by atomic mass is 19.4. The maximum atomic E-state index is 12.1. The van der Waals surface area contributed by atoms with E-state index in [2.05, 4.69) is 6.58 Å². The van der Waals surface area contributed by atoms with Gasteiger partial charge >= 0.3 is 6.98 Å². The molecular formula is C8H16BF3N-. The van der Waals surface area contributed by atoms with Gasteiger partial charge in [0.15, 0.2) is 0 Å². The second kappa shape index (κ2) is 4.70. The largest absolute Gasteiger partial charge is 0.506 e. The van der Waals surface area contributed by atoms with E-state index in [0.29, 0.717) is 0 Å². The van der Waals surface area contributed by atoms with E-state index in [9.17, 15) is 12.9 Å². The van der Waals surface area contributed by atoms with Gasteiger partial charge in [0.05, 0.1) is 0 Å². The van der Waals surface area contributed by atoms with Crippen molar-refractivity contribution in [1.29, 1.82) is 0 Å².